The van der Waals surface area contributed by atoms with Gasteiger partial charge >= 0.3 is 0 Å². The summed E-state index contributed by atoms with van der Waals surface area (Å²) in [5.74, 6) is -0.170. The molecule has 0 unspecified atom stereocenters. The molecule has 0 saturated carbocycles. The molecule has 7 heteroatoms. The monoisotopic (exact) mass is 400 g/mol. The van der Waals surface area contributed by atoms with Crippen molar-refractivity contribution in [2.45, 2.75) is 33.2 Å². The Morgan fingerprint density at radius 1 is 1.29 bits per heavy atom. The molecule has 4 rings (SSSR count). The second-order valence-electron chi connectivity index (χ2n) is 7.34. The number of amides is 1. The van der Waals surface area contributed by atoms with Gasteiger partial charge in [0.05, 0.1) is 17.1 Å². The van der Waals surface area contributed by atoms with Crippen molar-refractivity contribution in [3.05, 3.63) is 51.4 Å². The first-order valence-corrected chi connectivity index (χ1v) is 10.6. The summed E-state index contributed by atoms with van der Waals surface area (Å²) >= 11 is 1.72. The van der Waals surface area contributed by atoms with Gasteiger partial charge in [0.2, 0.25) is 5.91 Å². The fourth-order valence-corrected chi connectivity index (χ4v) is 4.55. The molecule has 3 aromatic rings. The Hall–Kier alpha value is -2.25. The Morgan fingerprint density at radius 2 is 2.07 bits per heavy atom. The van der Waals surface area contributed by atoms with Gasteiger partial charge in [-0.05, 0) is 37.1 Å². The van der Waals surface area contributed by atoms with Gasteiger partial charge < -0.3 is 9.88 Å². The number of hydrogen-bond donors (Lipinski definition) is 1. The van der Waals surface area contributed by atoms with Crippen LogP contribution in [0.4, 0.5) is 4.39 Å². The highest BCUT2D eigenvalue weighted by atomic mass is 32.1. The highest BCUT2D eigenvalue weighted by Gasteiger charge is 2.23. The van der Waals surface area contributed by atoms with Gasteiger partial charge in [-0.1, -0.05) is 6.92 Å². The molecule has 3 heterocycles. The third-order valence-electron chi connectivity index (χ3n) is 5.42. The van der Waals surface area contributed by atoms with Gasteiger partial charge in [0.25, 0.3) is 0 Å². The molecule has 0 atom stereocenters. The molecule has 28 heavy (non-hydrogen) atoms. The molecule has 2 aromatic heterocycles. The molecule has 1 N–H and O–H groups in total. The third-order valence-corrected chi connectivity index (χ3v) is 6.46. The van der Waals surface area contributed by atoms with Gasteiger partial charge in [-0.25, -0.2) is 9.37 Å². The van der Waals surface area contributed by atoms with Crippen LogP contribution in [0.5, 0.6) is 0 Å². The van der Waals surface area contributed by atoms with Crippen LogP contribution < -0.4 is 0 Å². The molecule has 0 spiro atoms. The van der Waals surface area contributed by atoms with Crippen LogP contribution >= 0.6 is 11.3 Å². The molecular formula is C21H25FN4OS. The second kappa shape index (κ2) is 8.01. The first kappa shape index (κ1) is 19.1. The molecule has 0 bridgehead atoms. The summed E-state index contributed by atoms with van der Waals surface area (Å²) in [6, 6.07) is 4.68. The maximum atomic E-state index is 13.6. The van der Waals surface area contributed by atoms with Crippen molar-refractivity contribution in [3.8, 4) is 0 Å². The number of benzene rings is 1. The number of carbonyl (C=O) groups excluding carboxylic acids is 1. The second-order valence-corrected chi connectivity index (χ2v) is 8.28. The zero-order chi connectivity index (χ0) is 19.7. The number of H-pyrrole nitrogens is 1. The van der Waals surface area contributed by atoms with E-state index in [1.807, 2.05) is 11.8 Å². The Morgan fingerprint density at radius 3 is 2.79 bits per heavy atom. The number of aryl methyl sites for hydroxylation is 2. The lowest BCUT2D eigenvalue weighted by molar-refractivity contribution is -0.132. The summed E-state index contributed by atoms with van der Waals surface area (Å²) in [5, 5.41) is 4.11. The fourth-order valence-electron chi connectivity index (χ4n) is 3.81. The molecule has 1 aliphatic rings. The van der Waals surface area contributed by atoms with Gasteiger partial charge in [-0.2, -0.15) is 0 Å². The lowest BCUT2D eigenvalue weighted by Crippen LogP contribution is -2.48. The van der Waals surface area contributed by atoms with E-state index in [4.69, 9.17) is 0 Å². The largest absolute Gasteiger partial charge is 0.358 e. The first-order chi connectivity index (χ1) is 13.5. The van der Waals surface area contributed by atoms with E-state index in [2.05, 4.69) is 27.2 Å². The number of hydrogen-bond acceptors (Lipinski definition) is 4. The van der Waals surface area contributed by atoms with Crippen LogP contribution in [0, 0.1) is 12.7 Å². The lowest BCUT2D eigenvalue weighted by atomic mass is 10.1. The summed E-state index contributed by atoms with van der Waals surface area (Å²) in [5.41, 5.74) is 3.83. The zero-order valence-electron chi connectivity index (χ0n) is 16.3. The predicted molar refractivity (Wildman–Crippen MR) is 110 cm³/mol. The summed E-state index contributed by atoms with van der Waals surface area (Å²) < 4.78 is 13.6. The topological polar surface area (TPSA) is 52.2 Å². The summed E-state index contributed by atoms with van der Waals surface area (Å²) in [6.45, 7) is 8.06. The highest BCUT2D eigenvalue weighted by molar-refractivity contribution is 7.09. The Balaban J connectivity index is 1.37. The van der Waals surface area contributed by atoms with Crippen molar-refractivity contribution in [1.82, 2.24) is 19.8 Å². The van der Waals surface area contributed by atoms with Crippen molar-refractivity contribution in [2.24, 2.45) is 0 Å². The Labute approximate surface area is 168 Å². The minimum Gasteiger partial charge on any atom is -0.358 e. The molecule has 1 aromatic carbocycles. The summed E-state index contributed by atoms with van der Waals surface area (Å²) in [4.78, 5) is 25.0. The molecule has 0 aliphatic carbocycles. The third kappa shape index (κ3) is 3.95. The number of fused-ring (bicyclic) bond motifs is 1. The van der Waals surface area contributed by atoms with E-state index in [0.717, 1.165) is 67.0 Å². The van der Waals surface area contributed by atoms with Gasteiger partial charge in [-0.3, -0.25) is 9.69 Å². The van der Waals surface area contributed by atoms with Gasteiger partial charge in [0, 0.05) is 54.7 Å². The van der Waals surface area contributed by atoms with Crippen LogP contribution in [0.2, 0.25) is 0 Å². The van der Waals surface area contributed by atoms with Crippen LogP contribution in [-0.2, 0) is 24.2 Å². The van der Waals surface area contributed by atoms with E-state index in [1.54, 1.807) is 17.4 Å². The van der Waals surface area contributed by atoms with Crippen molar-refractivity contribution in [2.75, 3.05) is 26.2 Å². The minimum atomic E-state index is -0.276. The molecule has 0 radical (unpaired) electrons. The molecule has 5 nitrogen and oxygen atoms in total. The van der Waals surface area contributed by atoms with Crippen molar-refractivity contribution in [1.29, 1.82) is 0 Å². The maximum absolute atomic E-state index is 13.6. The highest BCUT2D eigenvalue weighted by Crippen LogP contribution is 2.24. The molecule has 1 saturated heterocycles. The molecule has 1 aliphatic heterocycles. The van der Waals surface area contributed by atoms with Crippen LogP contribution in [0.3, 0.4) is 0 Å². The molecule has 1 fully saturated rings. The zero-order valence-corrected chi connectivity index (χ0v) is 17.1. The SMILES string of the molecule is CCc1nc(CN2CCN(C(=O)Cc3c(C)[nH]c4ccc(F)cc34)CC2)cs1. The van der Waals surface area contributed by atoms with E-state index in [-0.39, 0.29) is 11.7 Å². The number of halogens is 1. The normalized spacial score (nSPS) is 15.5. The lowest BCUT2D eigenvalue weighted by Gasteiger charge is -2.34. The standard InChI is InChI=1S/C21H25FN4OS/c1-3-20-24-16(13-28-20)12-25-6-8-26(9-7-25)21(27)11-17-14(2)23-19-5-4-15(22)10-18(17)19/h4-5,10,13,23H,3,6-9,11-12H2,1-2H3. The van der Waals surface area contributed by atoms with E-state index >= 15 is 0 Å². The minimum absolute atomic E-state index is 0.106. The van der Waals surface area contributed by atoms with Crippen molar-refractivity contribution in [3.63, 3.8) is 0 Å². The number of nitrogens with one attached hydrogen (secondary N) is 1. The number of carbonyl (C=O) groups is 1. The van der Waals surface area contributed by atoms with E-state index in [1.165, 1.54) is 17.1 Å². The maximum Gasteiger partial charge on any atom is 0.227 e. The number of aromatic nitrogens is 2. The van der Waals surface area contributed by atoms with Crippen molar-refractivity contribution >= 4 is 28.1 Å². The summed E-state index contributed by atoms with van der Waals surface area (Å²) in [7, 11) is 0. The van der Waals surface area contributed by atoms with Crippen LogP contribution in [0.25, 0.3) is 10.9 Å². The van der Waals surface area contributed by atoms with Gasteiger partial charge in [0.15, 0.2) is 0 Å². The molecule has 148 valence electrons. The Bertz CT molecular complexity index is 988. The predicted octanol–water partition coefficient (Wildman–Crippen LogP) is 3.52. The van der Waals surface area contributed by atoms with E-state index < -0.39 is 0 Å². The fraction of sp³-hybridized carbons (Fsp3) is 0.429. The number of rotatable bonds is 5. The number of aromatic amines is 1. The number of nitrogens with zero attached hydrogens (tertiary/aromatic N) is 3. The van der Waals surface area contributed by atoms with Crippen LogP contribution in [-0.4, -0.2) is 51.9 Å². The summed E-state index contributed by atoms with van der Waals surface area (Å²) in [6.07, 6.45) is 1.28. The first-order valence-electron chi connectivity index (χ1n) is 9.73. The molecule has 1 amide bonds. The van der Waals surface area contributed by atoms with Crippen LogP contribution in [0.15, 0.2) is 23.6 Å². The molecular weight excluding hydrogens is 375 g/mol. The Kier molecular flexibility index (Phi) is 5.46. The smallest absolute Gasteiger partial charge is 0.227 e. The average Bonchev–Trinajstić information content (AvgIpc) is 3.27. The van der Waals surface area contributed by atoms with Gasteiger partial charge in [-0.15, -0.1) is 11.3 Å². The average molecular weight is 401 g/mol. The van der Waals surface area contributed by atoms with Crippen LogP contribution in [0.1, 0.15) is 28.9 Å². The van der Waals surface area contributed by atoms with Crippen molar-refractivity contribution < 1.29 is 9.18 Å². The quantitative estimate of drug-likeness (QED) is 0.713. The van der Waals surface area contributed by atoms with Gasteiger partial charge in [0.1, 0.15) is 5.82 Å². The van der Waals surface area contributed by atoms with E-state index in [0.29, 0.717) is 6.42 Å². The number of piperazine rings is 1. The number of thiazole rings is 1. The van der Waals surface area contributed by atoms with E-state index in [9.17, 15) is 9.18 Å².